The van der Waals surface area contributed by atoms with Crippen molar-refractivity contribution < 1.29 is 22.0 Å². The molecule has 4 aromatic rings. The van der Waals surface area contributed by atoms with Crippen molar-refractivity contribution in [3.63, 3.8) is 0 Å². The molecule has 7 rings (SSSR count). The van der Waals surface area contributed by atoms with Gasteiger partial charge in [0.2, 0.25) is 33.4 Å². The van der Waals surface area contributed by atoms with Crippen LogP contribution in [0, 0.1) is 65.9 Å². The predicted molar refractivity (Wildman–Crippen MR) is 140 cm³/mol. The van der Waals surface area contributed by atoms with E-state index in [1.165, 1.54) is 19.1 Å². The largest absolute Gasteiger partial charge is 0.270 e. The number of aromatic nitrogens is 7. The zero-order valence-electron chi connectivity index (χ0n) is 23.2. The lowest BCUT2D eigenvalue weighted by Gasteiger charge is -2.09. The fraction of sp³-hybridized carbons (Fsp3) is 0.0370. The molecule has 228 valence electrons. The average Bonchev–Trinajstić information content (AvgIpc) is 3.76. The van der Waals surface area contributed by atoms with Crippen molar-refractivity contribution in [3.05, 3.63) is 126 Å². The second kappa shape index (κ2) is 10.9. The van der Waals surface area contributed by atoms with E-state index < -0.39 is 74.6 Å². The molecule has 0 saturated carbocycles. The number of halogens is 5. The molecule has 0 aromatic carbocycles. The van der Waals surface area contributed by atoms with E-state index in [1.54, 1.807) is 0 Å². The summed E-state index contributed by atoms with van der Waals surface area (Å²) in [5.74, 6) is -8.29. The minimum atomic E-state index is -1.56. The van der Waals surface area contributed by atoms with Gasteiger partial charge in [-0.05, 0) is 24.6 Å². The summed E-state index contributed by atoms with van der Waals surface area (Å²) in [4.78, 5) is 52.7. The van der Waals surface area contributed by atoms with Gasteiger partial charge in [-0.15, -0.1) is 0 Å². The van der Waals surface area contributed by atoms with Crippen LogP contribution in [0.2, 0.25) is 0 Å². The minimum absolute atomic E-state index is 0.0761. The first-order valence-electron chi connectivity index (χ1n) is 12.8. The Morgan fingerprint density at radius 2 is 0.958 bits per heavy atom. The van der Waals surface area contributed by atoms with Crippen LogP contribution in [-0.4, -0.2) is 34.9 Å². The van der Waals surface area contributed by atoms with Crippen LogP contribution in [0.4, 0.5) is 22.0 Å². The molecule has 0 aliphatic carbocycles. The smallest absolute Gasteiger partial charge is 0.259 e. The fourth-order valence-corrected chi connectivity index (χ4v) is 4.30. The highest BCUT2D eigenvalue weighted by Crippen LogP contribution is 2.30. The van der Waals surface area contributed by atoms with Gasteiger partial charge in [-0.2, -0.15) is 57.4 Å². The Morgan fingerprint density at radius 1 is 0.562 bits per heavy atom. The summed E-state index contributed by atoms with van der Waals surface area (Å²) in [5, 5.41) is 20.3. The molecule has 0 amide bonds. The van der Waals surface area contributed by atoms with Crippen LogP contribution in [0.1, 0.15) is 22.6 Å². The van der Waals surface area contributed by atoms with Gasteiger partial charge in [-0.1, -0.05) is 0 Å². The van der Waals surface area contributed by atoms with Crippen molar-refractivity contribution in [3.8, 4) is 12.1 Å². The van der Waals surface area contributed by atoms with Crippen molar-refractivity contribution in [1.82, 2.24) is 34.9 Å². The van der Waals surface area contributed by atoms with E-state index in [4.69, 9.17) is 6.57 Å². The molecule has 0 radical (unpaired) electrons. The SMILES string of the molecule is [C-]#[N+]C(=C1N=c2nc(F)c(F)nc2=N1)c1cc(/C(C#N)=C2/N=c3nc(C)c(F)nc3=N2)cc(C(C#N)=C2N=c3nc(F)c(F)nc3=N2)n1. The number of aryl methyl sites for hydroxylation is 1. The zero-order chi connectivity index (χ0) is 33.9. The van der Waals surface area contributed by atoms with Gasteiger partial charge in [0, 0.05) is 0 Å². The van der Waals surface area contributed by atoms with E-state index in [1.807, 2.05) is 12.1 Å². The molecule has 0 unspecified atom stereocenters. The minimum Gasteiger partial charge on any atom is -0.259 e. The lowest BCUT2D eigenvalue weighted by atomic mass is 10.0. The number of hydrogen-bond donors (Lipinski definition) is 0. The molecular weight excluding hydrogens is 643 g/mol. The molecule has 4 aromatic heterocycles. The Bertz CT molecular complexity index is 2390. The van der Waals surface area contributed by atoms with Crippen LogP contribution in [0.25, 0.3) is 21.7 Å². The highest BCUT2D eigenvalue weighted by molar-refractivity contribution is 5.86. The molecule has 0 bridgehead atoms. The van der Waals surface area contributed by atoms with Crippen molar-refractivity contribution in [2.75, 3.05) is 0 Å². The average molecular weight is 648 g/mol. The molecule has 21 heteroatoms. The normalized spacial score (nSPS) is 14.3. The third kappa shape index (κ3) is 4.78. The summed E-state index contributed by atoms with van der Waals surface area (Å²) in [5.41, 5.74) is -4.00. The molecule has 0 N–H and O–H groups in total. The van der Waals surface area contributed by atoms with Crippen molar-refractivity contribution in [2.45, 2.75) is 6.92 Å². The first-order chi connectivity index (χ1) is 23.1. The number of nitrogens with zero attached hydrogens (tertiary/aromatic N) is 16. The Labute approximate surface area is 259 Å². The summed E-state index contributed by atoms with van der Waals surface area (Å²) >= 11 is 0. The summed E-state index contributed by atoms with van der Waals surface area (Å²) in [6.07, 6.45) is 0. The molecule has 7 heterocycles. The number of nitriles is 2. The van der Waals surface area contributed by atoms with E-state index in [0.717, 1.165) is 0 Å². The molecule has 0 spiro atoms. The highest BCUT2D eigenvalue weighted by Gasteiger charge is 2.24. The Hall–Kier alpha value is -7.47. The summed E-state index contributed by atoms with van der Waals surface area (Å²) in [6, 6.07) is 6.11. The number of fused-ring (bicyclic) bond motifs is 3. The van der Waals surface area contributed by atoms with Crippen LogP contribution < -0.4 is 32.9 Å². The monoisotopic (exact) mass is 648 g/mol. The highest BCUT2D eigenvalue weighted by atomic mass is 19.2. The van der Waals surface area contributed by atoms with Crippen LogP contribution in [0.15, 0.2) is 59.6 Å². The van der Waals surface area contributed by atoms with Gasteiger partial charge < -0.3 is 0 Å². The molecule has 3 aliphatic heterocycles. The fourth-order valence-electron chi connectivity index (χ4n) is 4.30. The first-order valence-corrected chi connectivity index (χ1v) is 12.8. The van der Waals surface area contributed by atoms with E-state index in [0.29, 0.717) is 0 Å². The lowest BCUT2D eigenvalue weighted by Crippen LogP contribution is -2.31. The second-order valence-corrected chi connectivity index (χ2v) is 9.35. The van der Waals surface area contributed by atoms with E-state index in [2.05, 4.69) is 69.7 Å². The second-order valence-electron chi connectivity index (χ2n) is 9.35. The van der Waals surface area contributed by atoms with Gasteiger partial charge in [0.1, 0.15) is 23.3 Å². The third-order valence-electron chi connectivity index (χ3n) is 6.41. The van der Waals surface area contributed by atoms with Gasteiger partial charge >= 0.3 is 0 Å². The molecule has 48 heavy (non-hydrogen) atoms. The van der Waals surface area contributed by atoms with Crippen molar-refractivity contribution >= 4 is 16.8 Å². The molecule has 16 nitrogen and oxygen atoms in total. The summed E-state index contributed by atoms with van der Waals surface area (Å²) in [7, 11) is 0. The Kier molecular flexibility index (Phi) is 6.61. The number of hydrogen-bond acceptors (Lipinski definition) is 15. The van der Waals surface area contributed by atoms with Gasteiger partial charge in [-0.25, -0.2) is 39.8 Å². The van der Waals surface area contributed by atoms with Crippen LogP contribution >= 0.6 is 0 Å². The zero-order valence-corrected chi connectivity index (χ0v) is 23.2. The number of allylic oxidation sites excluding steroid dienone is 2. The van der Waals surface area contributed by atoms with Gasteiger partial charge in [-0.3, -0.25) is 4.98 Å². The maximum atomic E-state index is 14.1. The lowest BCUT2D eigenvalue weighted by molar-refractivity contribution is 0.443. The standard InChI is InChI=1S/C27H5F5N16/c1-7-14(28)38-23-22(36-7)43-19(44-23)9(5-33)8-3-11(10(6-34)20-45-24-25(46-20)40-16(30)15(29)39-24)37-12(4-8)13(35-2)21-47-26-27(48-21)42-18(32)17(31)41-26/h3-4H,1H3/b19-9-. The quantitative estimate of drug-likeness (QED) is 0.155. The van der Waals surface area contributed by atoms with Crippen LogP contribution in [-0.2, 0) is 0 Å². The molecule has 0 atom stereocenters. The van der Waals surface area contributed by atoms with Crippen LogP contribution in [0.3, 0.4) is 0 Å². The van der Waals surface area contributed by atoms with E-state index in [-0.39, 0.29) is 45.0 Å². The predicted octanol–water partition coefficient (Wildman–Crippen LogP) is -0.756. The first kappa shape index (κ1) is 29.3. The van der Waals surface area contributed by atoms with Gasteiger partial charge in [0.25, 0.3) is 29.5 Å². The molecule has 3 aliphatic rings. The van der Waals surface area contributed by atoms with Crippen LogP contribution in [0.5, 0.6) is 0 Å². The van der Waals surface area contributed by atoms with Gasteiger partial charge in [0.05, 0.1) is 23.7 Å². The maximum absolute atomic E-state index is 14.1. The maximum Gasteiger partial charge on any atom is 0.270 e. The summed E-state index contributed by atoms with van der Waals surface area (Å²) < 4.78 is 69.0. The van der Waals surface area contributed by atoms with E-state index in [9.17, 15) is 32.5 Å². The topological polar surface area (TPSA) is 216 Å². The Balaban J connectivity index is 1.50. The Morgan fingerprint density at radius 3 is 1.42 bits per heavy atom. The van der Waals surface area contributed by atoms with E-state index >= 15 is 0 Å². The summed E-state index contributed by atoms with van der Waals surface area (Å²) in [6.45, 7) is 9.19. The van der Waals surface area contributed by atoms with Crippen molar-refractivity contribution in [1.29, 1.82) is 10.5 Å². The van der Waals surface area contributed by atoms with Crippen molar-refractivity contribution in [2.24, 2.45) is 30.0 Å². The molecular formula is C27H5F5N16. The number of rotatable bonds is 3. The third-order valence-corrected chi connectivity index (χ3v) is 6.41. The number of pyridine rings is 1. The molecule has 0 fully saturated rings. The van der Waals surface area contributed by atoms with Gasteiger partial charge in [0.15, 0.2) is 23.0 Å². The molecule has 0 saturated heterocycles.